The first-order valence-electron chi connectivity index (χ1n) is 10.7. The van der Waals surface area contributed by atoms with Crippen molar-refractivity contribution in [3.05, 3.63) is 35.0 Å². The molecule has 0 radical (unpaired) electrons. The lowest BCUT2D eigenvalue weighted by atomic mass is 9.96. The molecule has 0 spiro atoms. The number of ether oxygens (including phenoxy) is 1. The number of rotatable bonds is 7. The Balaban J connectivity index is 1.25. The summed E-state index contributed by atoms with van der Waals surface area (Å²) in [5, 5.41) is 4.75. The molecule has 0 unspecified atom stereocenters. The van der Waals surface area contributed by atoms with Crippen LogP contribution >= 0.6 is 11.6 Å². The van der Waals surface area contributed by atoms with Gasteiger partial charge in [-0.1, -0.05) is 11.6 Å². The number of hydrogen-bond acceptors (Lipinski definition) is 4. The molecule has 8 heteroatoms. The summed E-state index contributed by atoms with van der Waals surface area (Å²) < 4.78 is 5.37. The summed E-state index contributed by atoms with van der Waals surface area (Å²) in [5.41, 5.74) is 1.94. The molecule has 1 atom stereocenters. The van der Waals surface area contributed by atoms with Crippen molar-refractivity contribution in [2.75, 3.05) is 45.9 Å². The highest BCUT2D eigenvalue weighted by Crippen LogP contribution is 2.21. The van der Waals surface area contributed by atoms with Crippen LogP contribution in [0.1, 0.15) is 25.0 Å². The van der Waals surface area contributed by atoms with Crippen molar-refractivity contribution in [3.63, 3.8) is 0 Å². The molecule has 162 valence electrons. The van der Waals surface area contributed by atoms with E-state index in [0.717, 1.165) is 55.9 Å². The summed E-state index contributed by atoms with van der Waals surface area (Å²) in [4.78, 5) is 32.5. The zero-order valence-electron chi connectivity index (χ0n) is 17.2. The Hall–Kier alpha value is -2.09. The number of likely N-dealkylation sites (tertiary alicyclic amines) is 1. The average Bonchev–Trinajstić information content (AvgIpc) is 3.16. The van der Waals surface area contributed by atoms with Gasteiger partial charge < -0.3 is 19.9 Å². The van der Waals surface area contributed by atoms with Gasteiger partial charge in [0.2, 0.25) is 11.8 Å². The molecule has 2 aliphatic rings. The van der Waals surface area contributed by atoms with E-state index in [4.69, 9.17) is 16.3 Å². The van der Waals surface area contributed by atoms with Crippen LogP contribution in [0.2, 0.25) is 5.02 Å². The Kier molecular flexibility index (Phi) is 6.92. The smallest absolute Gasteiger partial charge is 0.225 e. The van der Waals surface area contributed by atoms with Gasteiger partial charge in [-0.15, -0.1) is 0 Å². The highest BCUT2D eigenvalue weighted by molar-refractivity contribution is 6.31. The lowest BCUT2D eigenvalue weighted by Gasteiger charge is -2.33. The van der Waals surface area contributed by atoms with Crippen molar-refractivity contribution in [1.82, 2.24) is 20.1 Å². The number of piperidine rings is 1. The summed E-state index contributed by atoms with van der Waals surface area (Å²) in [6, 6.07) is 7.68. The van der Waals surface area contributed by atoms with Crippen molar-refractivity contribution in [2.24, 2.45) is 5.92 Å². The van der Waals surface area contributed by atoms with E-state index < -0.39 is 0 Å². The molecule has 0 aliphatic carbocycles. The number of benzene rings is 1. The maximum absolute atomic E-state index is 12.7. The Morgan fingerprint density at radius 3 is 2.90 bits per heavy atom. The summed E-state index contributed by atoms with van der Waals surface area (Å²) in [6.45, 7) is 6.11. The number of H-pyrrole nitrogens is 1. The topological polar surface area (TPSA) is 77.7 Å². The first-order chi connectivity index (χ1) is 14.6. The minimum atomic E-state index is -0.148. The summed E-state index contributed by atoms with van der Waals surface area (Å²) >= 11 is 6.04. The molecule has 4 rings (SSSR count). The normalized spacial score (nSPS) is 20.6. The largest absolute Gasteiger partial charge is 0.379 e. The van der Waals surface area contributed by atoms with E-state index in [9.17, 15) is 9.59 Å². The first-order valence-corrected chi connectivity index (χ1v) is 11.1. The zero-order chi connectivity index (χ0) is 20.9. The maximum Gasteiger partial charge on any atom is 0.225 e. The number of carbonyl (C=O) groups excluding carboxylic acids is 2. The van der Waals surface area contributed by atoms with Crippen LogP contribution in [0.25, 0.3) is 10.9 Å². The van der Waals surface area contributed by atoms with Crippen molar-refractivity contribution in [1.29, 1.82) is 0 Å². The van der Waals surface area contributed by atoms with Crippen molar-refractivity contribution < 1.29 is 14.3 Å². The second-order valence-electron chi connectivity index (χ2n) is 8.13. The van der Waals surface area contributed by atoms with E-state index in [1.807, 2.05) is 29.2 Å². The molecule has 2 aromatic rings. The molecule has 7 nitrogen and oxygen atoms in total. The van der Waals surface area contributed by atoms with Gasteiger partial charge in [-0.3, -0.25) is 14.5 Å². The Bertz CT molecular complexity index is 894. The number of hydrogen-bond donors (Lipinski definition) is 2. The second kappa shape index (κ2) is 9.81. The second-order valence-corrected chi connectivity index (χ2v) is 8.56. The number of aromatic amines is 1. The van der Waals surface area contributed by atoms with E-state index in [-0.39, 0.29) is 17.7 Å². The zero-order valence-corrected chi connectivity index (χ0v) is 17.9. The summed E-state index contributed by atoms with van der Waals surface area (Å²) in [6.07, 6.45) is 1.99. The SMILES string of the molecule is O=C(NCc1cc2cc(Cl)ccc2[nH]1)[C@H]1CCC(=O)N(CCCN2CCOCC2)C1. The number of amides is 2. The van der Waals surface area contributed by atoms with Gasteiger partial charge in [0.25, 0.3) is 0 Å². The summed E-state index contributed by atoms with van der Waals surface area (Å²) in [5.74, 6) is 0.0239. The fraction of sp³-hybridized carbons (Fsp3) is 0.545. The third kappa shape index (κ3) is 5.33. The number of carbonyl (C=O) groups is 2. The predicted octanol–water partition coefficient (Wildman–Crippen LogP) is 2.40. The number of morpholine rings is 1. The number of aromatic nitrogens is 1. The van der Waals surface area contributed by atoms with Crippen LogP contribution in [0.15, 0.2) is 24.3 Å². The van der Waals surface area contributed by atoms with Crippen molar-refractivity contribution in [3.8, 4) is 0 Å². The quantitative estimate of drug-likeness (QED) is 0.704. The lowest BCUT2D eigenvalue weighted by molar-refractivity contribution is -0.138. The van der Waals surface area contributed by atoms with Gasteiger partial charge in [0.05, 0.1) is 25.7 Å². The monoisotopic (exact) mass is 432 g/mol. The predicted molar refractivity (Wildman–Crippen MR) is 116 cm³/mol. The van der Waals surface area contributed by atoms with E-state index in [0.29, 0.717) is 37.5 Å². The minimum Gasteiger partial charge on any atom is -0.379 e. The Labute approximate surface area is 181 Å². The third-order valence-corrected chi connectivity index (χ3v) is 6.20. The van der Waals surface area contributed by atoms with Gasteiger partial charge in [0, 0.05) is 60.8 Å². The van der Waals surface area contributed by atoms with Gasteiger partial charge in [0.1, 0.15) is 0 Å². The number of nitrogens with zero attached hydrogens (tertiary/aromatic N) is 2. The van der Waals surface area contributed by atoms with E-state index in [1.165, 1.54) is 0 Å². The van der Waals surface area contributed by atoms with Gasteiger partial charge in [-0.2, -0.15) is 0 Å². The molecule has 0 saturated carbocycles. The molecule has 2 saturated heterocycles. The van der Waals surface area contributed by atoms with E-state index in [2.05, 4.69) is 15.2 Å². The molecule has 2 N–H and O–H groups in total. The molecule has 3 heterocycles. The number of nitrogens with one attached hydrogen (secondary N) is 2. The van der Waals surface area contributed by atoms with Crippen LogP contribution in [-0.2, 0) is 20.9 Å². The Morgan fingerprint density at radius 2 is 2.07 bits per heavy atom. The van der Waals surface area contributed by atoms with Crippen molar-refractivity contribution >= 4 is 34.3 Å². The van der Waals surface area contributed by atoms with Gasteiger partial charge in [-0.05, 0) is 37.1 Å². The lowest BCUT2D eigenvalue weighted by Crippen LogP contribution is -2.46. The van der Waals surface area contributed by atoms with E-state index >= 15 is 0 Å². The molecular formula is C22H29ClN4O3. The fourth-order valence-electron chi connectivity index (χ4n) is 4.24. The fourth-order valence-corrected chi connectivity index (χ4v) is 4.42. The van der Waals surface area contributed by atoms with Crippen LogP contribution in [0.5, 0.6) is 0 Å². The standard InChI is InChI=1S/C22H29ClN4O3/c23-18-3-4-20-17(12-18)13-19(25-20)14-24-22(29)16-2-5-21(28)27(15-16)7-1-6-26-8-10-30-11-9-26/h3-4,12-13,16,25H,1-2,5-11,14-15H2,(H,24,29)/t16-/m0/s1. The molecule has 2 fully saturated rings. The molecule has 1 aromatic carbocycles. The van der Waals surface area contributed by atoms with Gasteiger partial charge in [0.15, 0.2) is 0 Å². The molecule has 1 aromatic heterocycles. The summed E-state index contributed by atoms with van der Waals surface area (Å²) in [7, 11) is 0. The van der Waals surface area contributed by atoms with Crippen LogP contribution in [-0.4, -0.2) is 72.5 Å². The third-order valence-electron chi connectivity index (χ3n) is 5.97. The van der Waals surface area contributed by atoms with Crippen LogP contribution < -0.4 is 5.32 Å². The molecule has 0 bridgehead atoms. The van der Waals surface area contributed by atoms with E-state index in [1.54, 1.807) is 0 Å². The van der Waals surface area contributed by atoms with Gasteiger partial charge >= 0.3 is 0 Å². The highest BCUT2D eigenvalue weighted by atomic mass is 35.5. The van der Waals surface area contributed by atoms with Crippen LogP contribution in [0.3, 0.4) is 0 Å². The average molecular weight is 433 g/mol. The molecule has 2 aliphatic heterocycles. The molecule has 2 amide bonds. The van der Waals surface area contributed by atoms with Gasteiger partial charge in [-0.25, -0.2) is 0 Å². The van der Waals surface area contributed by atoms with Crippen molar-refractivity contribution in [2.45, 2.75) is 25.8 Å². The maximum atomic E-state index is 12.7. The van der Waals surface area contributed by atoms with Crippen LogP contribution in [0.4, 0.5) is 0 Å². The first kappa shape index (κ1) is 21.2. The Morgan fingerprint density at radius 1 is 1.23 bits per heavy atom. The van der Waals surface area contributed by atoms with Crippen LogP contribution in [0, 0.1) is 5.92 Å². The minimum absolute atomic E-state index is 0.0115. The molecular weight excluding hydrogens is 404 g/mol. The molecule has 30 heavy (non-hydrogen) atoms. The number of halogens is 1. The highest BCUT2D eigenvalue weighted by Gasteiger charge is 2.30. The number of fused-ring (bicyclic) bond motifs is 1.